The normalized spacial score (nSPS) is 15.6. The number of rotatable bonds is 6. The van der Waals surface area contributed by atoms with Gasteiger partial charge in [-0.3, -0.25) is 4.98 Å². The van der Waals surface area contributed by atoms with Crippen LogP contribution in [0.2, 0.25) is 0 Å². The molecule has 1 aliphatic heterocycles. The molecule has 0 spiro atoms. The summed E-state index contributed by atoms with van der Waals surface area (Å²) in [7, 11) is 0. The average molecular weight is 466 g/mol. The van der Waals surface area contributed by atoms with Gasteiger partial charge in [-0.1, -0.05) is 18.2 Å². The second kappa shape index (κ2) is 10.4. The Morgan fingerprint density at radius 1 is 1.27 bits per heavy atom. The Kier molecular flexibility index (Phi) is 8.15. The standard InChI is InChI=1S/C20H26N4O.HI/c1-3-22-20(23-11-9-16-8-10-21-13-15(16)2)24-14-18-12-17-6-4-5-7-19(17)25-18;/h4-8,10,13,18H,3,9,11-12,14H2,1-2H3,(H2,22,23,24);1H. The monoisotopic (exact) mass is 466 g/mol. The summed E-state index contributed by atoms with van der Waals surface area (Å²) in [6.45, 7) is 6.50. The summed E-state index contributed by atoms with van der Waals surface area (Å²) in [5, 5.41) is 6.70. The lowest BCUT2D eigenvalue weighted by Gasteiger charge is -2.13. The minimum Gasteiger partial charge on any atom is -0.488 e. The van der Waals surface area contributed by atoms with Crippen LogP contribution in [0.3, 0.4) is 0 Å². The van der Waals surface area contributed by atoms with Gasteiger partial charge in [0, 0.05) is 31.9 Å². The van der Waals surface area contributed by atoms with Crippen molar-refractivity contribution in [3.8, 4) is 5.75 Å². The number of ether oxygens (including phenoxy) is 1. The predicted molar refractivity (Wildman–Crippen MR) is 117 cm³/mol. The Morgan fingerprint density at radius 3 is 2.88 bits per heavy atom. The quantitative estimate of drug-likeness (QED) is 0.390. The van der Waals surface area contributed by atoms with Gasteiger partial charge in [-0.2, -0.15) is 0 Å². The highest BCUT2D eigenvalue weighted by Gasteiger charge is 2.21. The molecular weight excluding hydrogens is 439 g/mol. The third-order valence-electron chi connectivity index (χ3n) is 4.33. The molecule has 6 heteroatoms. The zero-order valence-corrected chi connectivity index (χ0v) is 17.7. The maximum atomic E-state index is 5.96. The molecule has 0 radical (unpaired) electrons. The summed E-state index contributed by atoms with van der Waals surface area (Å²) in [6, 6.07) is 10.3. The molecule has 1 atom stereocenters. The van der Waals surface area contributed by atoms with Crippen LogP contribution in [0.4, 0.5) is 0 Å². The first-order valence-corrected chi connectivity index (χ1v) is 8.92. The summed E-state index contributed by atoms with van der Waals surface area (Å²) >= 11 is 0. The second-order valence-electron chi connectivity index (χ2n) is 6.25. The number of fused-ring (bicyclic) bond motifs is 1. The molecule has 5 nitrogen and oxygen atoms in total. The van der Waals surface area contributed by atoms with Gasteiger partial charge < -0.3 is 15.4 Å². The minimum atomic E-state index is 0. The van der Waals surface area contributed by atoms with Crippen LogP contribution in [0.5, 0.6) is 5.75 Å². The van der Waals surface area contributed by atoms with Gasteiger partial charge in [-0.05, 0) is 49.1 Å². The van der Waals surface area contributed by atoms with Crippen LogP contribution in [0.25, 0.3) is 0 Å². The second-order valence-corrected chi connectivity index (χ2v) is 6.25. The first-order chi connectivity index (χ1) is 12.3. The molecule has 0 amide bonds. The van der Waals surface area contributed by atoms with Crippen molar-refractivity contribution in [2.24, 2.45) is 4.99 Å². The smallest absolute Gasteiger partial charge is 0.191 e. The van der Waals surface area contributed by atoms with Gasteiger partial charge >= 0.3 is 0 Å². The Morgan fingerprint density at radius 2 is 2.12 bits per heavy atom. The molecule has 0 saturated carbocycles. The Bertz CT molecular complexity index is 710. The summed E-state index contributed by atoms with van der Waals surface area (Å²) in [6.07, 6.45) is 5.75. The average Bonchev–Trinajstić information content (AvgIpc) is 3.04. The van der Waals surface area contributed by atoms with Crippen LogP contribution < -0.4 is 15.4 Å². The fourth-order valence-electron chi connectivity index (χ4n) is 2.99. The van der Waals surface area contributed by atoms with E-state index in [1.165, 1.54) is 16.7 Å². The van der Waals surface area contributed by atoms with E-state index in [0.717, 1.165) is 37.6 Å². The van der Waals surface area contributed by atoms with Crippen LogP contribution >= 0.6 is 24.0 Å². The van der Waals surface area contributed by atoms with Crippen LogP contribution in [0, 0.1) is 6.92 Å². The van der Waals surface area contributed by atoms with Crippen molar-refractivity contribution in [1.82, 2.24) is 15.6 Å². The van der Waals surface area contributed by atoms with Crippen molar-refractivity contribution in [2.45, 2.75) is 32.8 Å². The molecular formula is C20H27IN4O. The Labute approximate surface area is 172 Å². The topological polar surface area (TPSA) is 58.5 Å². The van der Waals surface area contributed by atoms with E-state index < -0.39 is 0 Å². The molecule has 0 saturated heterocycles. The molecule has 1 aromatic carbocycles. The first kappa shape index (κ1) is 20.5. The van der Waals surface area contributed by atoms with Crippen molar-refractivity contribution >= 4 is 29.9 Å². The van der Waals surface area contributed by atoms with E-state index in [0.29, 0.717) is 6.54 Å². The number of aryl methyl sites for hydroxylation is 1. The molecule has 0 fully saturated rings. The molecule has 0 aliphatic carbocycles. The molecule has 26 heavy (non-hydrogen) atoms. The molecule has 1 aliphatic rings. The summed E-state index contributed by atoms with van der Waals surface area (Å²) in [5.41, 5.74) is 3.81. The zero-order chi connectivity index (χ0) is 17.5. The van der Waals surface area contributed by atoms with E-state index >= 15 is 0 Å². The van der Waals surface area contributed by atoms with Crippen molar-refractivity contribution in [1.29, 1.82) is 0 Å². The number of halogens is 1. The van der Waals surface area contributed by atoms with Crippen molar-refractivity contribution in [2.75, 3.05) is 19.6 Å². The number of benzene rings is 1. The number of guanidine groups is 1. The van der Waals surface area contributed by atoms with Gasteiger partial charge in [0.2, 0.25) is 0 Å². The number of para-hydroxylation sites is 1. The van der Waals surface area contributed by atoms with Crippen LogP contribution in [-0.2, 0) is 12.8 Å². The van der Waals surface area contributed by atoms with Gasteiger partial charge in [0.1, 0.15) is 11.9 Å². The fraction of sp³-hybridized carbons (Fsp3) is 0.400. The summed E-state index contributed by atoms with van der Waals surface area (Å²) < 4.78 is 5.96. The summed E-state index contributed by atoms with van der Waals surface area (Å²) in [5.74, 6) is 1.84. The van der Waals surface area contributed by atoms with E-state index in [-0.39, 0.29) is 30.1 Å². The maximum absolute atomic E-state index is 5.96. The number of aromatic nitrogens is 1. The third kappa shape index (κ3) is 5.59. The highest BCUT2D eigenvalue weighted by Crippen LogP contribution is 2.28. The fourth-order valence-corrected chi connectivity index (χ4v) is 2.99. The van der Waals surface area contributed by atoms with Crippen LogP contribution in [-0.4, -0.2) is 36.7 Å². The van der Waals surface area contributed by atoms with E-state index in [1.807, 2.05) is 24.5 Å². The van der Waals surface area contributed by atoms with E-state index in [1.54, 1.807) is 0 Å². The summed E-state index contributed by atoms with van der Waals surface area (Å²) in [4.78, 5) is 8.83. The number of aliphatic imine (C=N–C) groups is 1. The molecule has 140 valence electrons. The van der Waals surface area contributed by atoms with E-state index in [9.17, 15) is 0 Å². The Hall–Kier alpha value is -1.83. The van der Waals surface area contributed by atoms with E-state index in [4.69, 9.17) is 4.74 Å². The predicted octanol–water partition coefficient (Wildman–Crippen LogP) is 3.11. The number of hydrogen-bond donors (Lipinski definition) is 2. The molecule has 2 aromatic rings. The lowest BCUT2D eigenvalue weighted by Crippen LogP contribution is -2.39. The lowest BCUT2D eigenvalue weighted by molar-refractivity contribution is 0.241. The number of pyridine rings is 1. The molecule has 1 unspecified atom stereocenters. The number of hydrogen-bond acceptors (Lipinski definition) is 3. The number of nitrogens with one attached hydrogen (secondary N) is 2. The van der Waals surface area contributed by atoms with Gasteiger partial charge in [0.15, 0.2) is 5.96 Å². The van der Waals surface area contributed by atoms with Crippen LogP contribution in [0.15, 0.2) is 47.7 Å². The minimum absolute atomic E-state index is 0. The van der Waals surface area contributed by atoms with Gasteiger partial charge in [0.25, 0.3) is 0 Å². The molecule has 3 rings (SSSR count). The van der Waals surface area contributed by atoms with Gasteiger partial charge in [-0.15, -0.1) is 24.0 Å². The highest BCUT2D eigenvalue weighted by molar-refractivity contribution is 14.0. The molecule has 2 heterocycles. The first-order valence-electron chi connectivity index (χ1n) is 8.92. The van der Waals surface area contributed by atoms with E-state index in [2.05, 4.69) is 52.7 Å². The van der Waals surface area contributed by atoms with Gasteiger partial charge in [-0.25, -0.2) is 4.99 Å². The molecule has 0 bridgehead atoms. The van der Waals surface area contributed by atoms with Crippen molar-refractivity contribution in [3.05, 3.63) is 59.4 Å². The van der Waals surface area contributed by atoms with Crippen LogP contribution in [0.1, 0.15) is 23.6 Å². The Balaban J connectivity index is 0.00000243. The number of nitrogens with zero attached hydrogens (tertiary/aromatic N) is 2. The third-order valence-corrected chi connectivity index (χ3v) is 4.33. The largest absolute Gasteiger partial charge is 0.488 e. The van der Waals surface area contributed by atoms with Gasteiger partial charge in [0.05, 0.1) is 6.54 Å². The zero-order valence-electron chi connectivity index (χ0n) is 15.4. The molecule has 2 N–H and O–H groups in total. The maximum Gasteiger partial charge on any atom is 0.191 e. The van der Waals surface area contributed by atoms with Crippen molar-refractivity contribution in [3.63, 3.8) is 0 Å². The van der Waals surface area contributed by atoms with Crippen molar-refractivity contribution < 1.29 is 4.74 Å². The lowest BCUT2D eigenvalue weighted by atomic mass is 10.1. The molecule has 1 aromatic heterocycles. The highest BCUT2D eigenvalue weighted by atomic mass is 127. The SMILES string of the molecule is CCNC(=NCC1Cc2ccccc2O1)NCCc1ccncc1C.I.